The number of nitro groups is 1. The molecule has 0 saturated carbocycles. The average molecular weight is 316 g/mol. The summed E-state index contributed by atoms with van der Waals surface area (Å²) in [5.74, 6) is 0.106. The van der Waals surface area contributed by atoms with E-state index in [1.807, 2.05) is 6.92 Å². The first-order valence-corrected chi connectivity index (χ1v) is 6.98. The number of nitrogens with zero attached hydrogens (tertiary/aromatic N) is 1. The maximum atomic E-state index is 12.1. The van der Waals surface area contributed by atoms with Gasteiger partial charge in [-0.3, -0.25) is 14.9 Å². The summed E-state index contributed by atoms with van der Waals surface area (Å²) < 4.78 is 5.33. The molecule has 0 aromatic heterocycles. The third-order valence-corrected chi connectivity index (χ3v) is 3.12. The highest BCUT2D eigenvalue weighted by molar-refractivity contribution is 5.94. The van der Waals surface area contributed by atoms with Crippen LogP contribution in [0.2, 0.25) is 0 Å². The van der Waals surface area contributed by atoms with Crippen molar-refractivity contribution in [2.24, 2.45) is 0 Å². The fraction of sp³-hybridized carbons (Fsp3) is 0.188. The summed E-state index contributed by atoms with van der Waals surface area (Å²) in [6.45, 7) is 2.32. The molecule has 0 aliphatic rings. The van der Waals surface area contributed by atoms with Gasteiger partial charge < -0.3 is 15.2 Å². The number of rotatable bonds is 6. The van der Waals surface area contributed by atoms with Gasteiger partial charge in [0, 0.05) is 29.8 Å². The molecule has 23 heavy (non-hydrogen) atoms. The van der Waals surface area contributed by atoms with E-state index < -0.39 is 4.92 Å². The summed E-state index contributed by atoms with van der Waals surface area (Å²) in [4.78, 5) is 22.3. The van der Waals surface area contributed by atoms with Crippen molar-refractivity contribution < 1.29 is 19.6 Å². The number of benzene rings is 2. The molecule has 0 fully saturated rings. The van der Waals surface area contributed by atoms with Gasteiger partial charge in [-0.05, 0) is 31.2 Å². The Hall–Kier alpha value is -3.09. The quantitative estimate of drug-likeness (QED) is 0.630. The van der Waals surface area contributed by atoms with Crippen molar-refractivity contribution in [2.45, 2.75) is 13.5 Å². The minimum absolute atomic E-state index is 0.0226. The van der Waals surface area contributed by atoms with E-state index in [1.54, 1.807) is 24.3 Å². The summed E-state index contributed by atoms with van der Waals surface area (Å²) in [5, 5.41) is 23.1. The number of hydrogen-bond donors (Lipinski definition) is 2. The van der Waals surface area contributed by atoms with E-state index in [1.165, 1.54) is 18.2 Å². The van der Waals surface area contributed by atoms with E-state index in [0.29, 0.717) is 17.9 Å². The molecule has 2 rings (SSSR count). The van der Waals surface area contributed by atoms with Gasteiger partial charge in [-0.25, -0.2) is 0 Å². The molecule has 7 nitrogen and oxygen atoms in total. The molecule has 0 aliphatic carbocycles. The molecule has 2 aromatic rings. The van der Waals surface area contributed by atoms with Crippen molar-refractivity contribution in [3.63, 3.8) is 0 Å². The number of carbonyl (C=O) groups excluding carboxylic acids is 1. The Labute approximate surface area is 132 Å². The molecule has 0 atom stereocenters. The second-order valence-corrected chi connectivity index (χ2v) is 4.71. The number of phenols is 1. The Kier molecular flexibility index (Phi) is 5.14. The molecule has 7 heteroatoms. The number of aromatic hydroxyl groups is 1. The molecule has 2 aromatic carbocycles. The van der Waals surface area contributed by atoms with Gasteiger partial charge in [-0.1, -0.05) is 6.07 Å². The molecule has 1 amide bonds. The van der Waals surface area contributed by atoms with Gasteiger partial charge in [0.1, 0.15) is 11.5 Å². The standard InChI is InChI=1S/C16H16N2O5/c1-2-23-14-5-3-4-11(9-14)16(20)17-10-12-8-13(18(21)22)6-7-15(12)19/h3-9,19H,2,10H2,1H3,(H,17,20). The van der Waals surface area contributed by atoms with Crippen molar-refractivity contribution in [1.82, 2.24) is 5.32 Å². The lowest BCUT2D eigenvalue weighted by Gasteiger charge is -2.08. The molecule has 0 radical (unpaired) electrons. The molecule has 0 bridgehead atoms. The number of phenolic OH excluding ortho intramolecular Hbond substituents is 1. The van der Waals surface area contributed by atoms with Crippen LogP contribution in [-0.2, 0) is 6.54 Å². The Morgan fingerprint density at radius 1 is 1.30 bits per heavy atom. The smallest absolute Gasteiger partial charge is 0.270 e. The van der Waals surface area contributed by atoms with E-state index >= 15 is 0 Å². The maximum Gasteiger partial charge on any atom is 0.270 e. The summed E-state index contributed by atoms with van der Waals surface area (Å²) >= 11 is 0. The largest absolute Gasteiger partial charge is 0.508 e. The van der Waals surface area contributed by atoms with Crippen LogP contribution in [0.15, 0.2) is 42.5 Å². The van der Waals surface area contributed by atoms with E-state index in [-0.39, 0.29) is 29.5 Å². The minimum Gasteiger partial charge on any atom is -0.508 e. The monoisotopic (exact) mass is 316 g/mol. The van der Waals surface area contributed by atoms with Gasteiger partial charge in [0.25, 0.3) is 11.6 Å². The second-order valence-electron chi connectivity index (χ2n) is 4.71. The lowest BCUT2D eigenvalue weighted by molar-refractivity contribution is -0.384. The van der Waals surface area contributed by atoms with Gasteiger partial charge in [-0.15, -0.1) is 0 Å². The Morgan fingerprint density at radius 2 is 2.09 bits per heavy atom. The van der Waals surface area contributed by atoms with Crippen LogP contribution >= 0.6 is 0 Å². The topological polar surface area (TPSA) is 102 Å². The molecule has 0 unspecified atom stereocenters. The van der Waals surface area contributed by atoms with Gasteiger partial charge in [0.2, 0.25) is 0 Å². The van der Waals surface area contributed by atoms with Gasteiger partial charge in [0.15, 0.2) is 0 Å². The fourth-order valence-electron chi connectivity index (χ4n) is 2.00. The zero-order valence-corrected chi connectivity index (χ0v) is 12.5. The van der Waals surface area contributed by atoms with Crippen molar-refractivity contribution in [3.8, 4) is 11.5 Å². The Balaban J connectivity index is 2.08. The predicted molar refractivity (Wildman–Crippen MR) is 83.5 cm³/mol. The van der Waals surface area contributed by atoms with Gasteiger partial charge in [-0.2, -0.15) is 0 Å². The van der Waals surface area contributed by atoms with Crippen molar-refractivity contribution >= 4 is 11.6 Å². The molecule has 2 N–H and O–H groups in total. The third kappa shape index (κ3) is 4.19. The highest BCUT2D eigenvalue weighted by Crippen LogP contribution is 2.23. The van der Waals surface area contributed by atoms with Crippen LogP contribution in [0.25, 0.3) is 0 Å². The summed E-state index contributed by atoms with van der Waals surface area (Å²) in [6.07, 6.45) is 0. The maximum absolute atomic E-state index is 12.1. The van der Waals surface area contributed by atoms with E-state index in [0.717, 1.165) is 0 Å². The molecular formula is C16H16N2O5. The molecule has 0 saturated heterocycles. The van der Waals surface area contributed by atoms with Crippen LogP contribution in [0, 0.1) is 10.1 Å². The van der Waals surface area contributed by atoms with Gasteiger partial charge in [0.05, 0.1) is 11.5 Å². The van der Waals surface area contributed by atoms with Crippen LogP contribution in [0.5, 0.6) is 11.5 Å². The van der Waals surface area contributed by atoms with Crippen molar-refractivity contribution in [2.75, 3.05) is 6.61 Å². The molecule has 120 valence electrons. The number of carbonyl (C=O) groups is 1. The van der Waals surface area contributed by atoms with Crippen LogP contribution < -0.4 is 10.1 Å². The van der Waals surface area contributed by atoms with Crippen molar-refractivity contribution in [1.29, 1.82) is 0 Å². The second kappa shape index (κ2) is 7.26. The SMILES string of the molecule is CCOc1cccc(C(=O)NCc2cc([N+](=O)[O-])ccc2O)c1. The first-order chi connectivity index (χ1) is 11.0. The third-order valence-electron chi connectivity index (χ3n) is 3.12. The Bertz CT molecular complexity index is 730. The summed E-state index contributed by atoms with van der Waals surface area (Å²) in [6, 6.07) is 10.3. The highest BCUT2D eigenvalue weighted by atomic mass is 16.6. The summed E-state index contributed by atoms with van der Waals surface area (Å²) in [7, 11) is 0. The van der Waals surface area contributed by atoms with Crippen molar-refractivity contribution in [3.05, 3.63) is 63.7 Å². The number of ether oxygens (including phenoxy) is 1. The molecule has 0 heterocycles. The zero-order chi connectivity index (χ0) is 16.8. The first kappa shape index (κ1) is 16.3. The Morgan fingerprint density at radius 3 is 2.78 bits per heavy atom. The highest BCUT2D eigenvalue weighted by Gasteiger charge is 2.12. The number of hydrogen-bond acceptors (Lipinski definition) is 5. The number of nitrogens with one attached hydrogen (secondary N) is 1. The molecule has 0 aliphatic heterocycles. The molecular weight excluding hydrogens is 300 g/mol. The lowest BCUT2D eigenvalue weighted by Crippen LogP contribution is -2.22. The predicted octanol–water partition coefficient (Wildman–Crippen LogP) is 2.63. The molecule has 0 spiro atoms. The number of nitro benzene ring substituents is 1. The van der Waals surface area contributed by atoms with E-state index in [2.05, 4.69) is 5.32 Å². The average Bonchev–Trinajstić information content (AvgIpc) is 2.54. The number of non-ortho nitro benzene ring substituents is 1. The fourth-order valence-corrected chi connectivity index (χ4v) is 2.00. The van der Waals surface area contributed by atoms with Crippen LogP contribution in [0.3, 0.4) is 0 Å². The first-order valence-electron chi connectivity index (χ1n) is 6.98. The van der Waals surface area contributed by atoms with Crippen LogP contribution in [-0.4, -0.2) is 22.5 Å². The summed E-state index contributed by atoms with van der Waals surface area (Å²) in [5.41, 5.74) is 0.528. The minimum atomic E-state index is -0.559. The van der Waals surface area contributed by atoms with E-state index in [9.17, 15) is 20.0 Å². The van der Waals surface area contributed by atoms with Crippen LogP contribution in [0.4, 0.5) is 5.69 Å². The van der Waals surface area contributed by atoms with Crippen LogP contribution in [0.1, 0.15) is 22.8 Å². The lowest BCUT2D eigenvalue weighted by atomic mass is 10.1. The number of amides is 1. The zero-order valence-electron chi connectivity index (χ0n) is 12.5. The van der Waals surface area contributed by atoms with Gasteiger partial charge >= 0.3 is 0 Å². The van der Waals surface area contributed by atoms with E-state index in [4.69, 9.17) is 4.74 Å². The normalized spacial score (nSPS) is 10.1.